The quantitative estimate of drug-likeness (QED) is 0.669. The second kappa shape index (κ2) is 6.55. The van der Waals surface area contributed by atoms with Crippen molar-refractivity contribution in [2.45, 2.75) is 32.1 Å². The summed E-state index contributed by atoms with van der Waals surface area (Å²) in [6.07, 6.45) is 9.73. The molecule has 0 spiro atoms. The lowest BCUT2D eigenvalue weighted by Crippen LogP contribution is -2.24. The van der Waals surface area contributed by atoms with E-state index in [0.717, 1.165) is 6.42 Å². The molecule has 0 radical (unpaired) electrons. The van der Waals surface area contributed by atoms with Crippen molar-refractivity contribution in [1.82, 2.24) is 10.3 Å². The molecule has 3 nitrogen and oxygen atoms in total. The fourth-order valence-electron chi connectivity index (χ4n) is 2.11. The van der Waals surface area contributed by atoms with Gasteiger partial charge in [-0.15, -0.1) is 0 Å². The van der Waals surface area contributed by atoms with Crippen molar-refractivity contribution in [2.75, 3.05) is 6.54 Å². The molecule has 1 amide bonds. The van der Waals surface area contributed by atoms with E-state index in [1.54, 1.807) is 18.3 Å². The minimum Gasteiger partial charge on any atom is -0.352 e. The molecule has 4 heteroatoms. The number of hydrogen-bond donors (Lipinski definition) is 1. The van der Waals surface area contributed by atoms with Crippen LogP contribution in [0.2, 0.25) is 5.15 Å². The highest BCUT2D eigenvalue weighted by Gasteiger charge is 2.07. The van der Waals surface area contributed by atoms with Crippen LogP contribution < -0.4 is 5.32 Å². The van der Waals surface area contributed by atoms with Crippen LogP contribution in [0.3, 0.4) is 0 Å². The molecule has 1 heterocycles. The molecule has 96 valence electrons. The second-order valence-corrected chi connectivity index (χ2v) is 4.87. The number of rotatable bonds is 4. The van der Waals surface area contributed by atoms with Crippen LogP contribution in [0.1, 0.15) is 42.5 Å². The summed E-state index contributed by atoms with van der Waals surface area (Å²) >= 11 is 5.74. The van der Waals surface area contributed by atoms with Gasteiger partial charge in [-0.2, -0.15) is 0 Å². The zero-order valence-corrected chi connectivity index (χ0v) is 11.0. The Labute approximate surface area is 112 Å². The summed E-state index contributed by atoms with van der Waals surface area (Å²) in [5.74, 6) is -0.0873. The molecule has 0 saturated carbocycles. The largest absolute Gasteiger partial charge is 0.352 e. The van der Waals surface area contributed by atoms with Crippen LogP contribution in [0.25, 0.3) is 0 Å². The molecule has 0 atom stereocenters. The van der Waals surface area contributed by atoms with Crippen molar-refractivity contribution >= 4 is 17.5 Å². The van der Waals surface area contributed by atoms with Crippen LogP contribution in [-0.2, 0) is 0 Å². The highest BCUT2D eigenvalue weighted by molar-refractivity contribution is 6.29. The van der Waals surface area contributed by atoms with E-state index in [9.17, 15) is 4.79 Å². The summed E-state index contributed by atoms with van der Waals surface area (Å²) in [6, 6.07) is 3.25. The first-order valence-corrected chi connectivity index (χ1v) is 6.71. The number of nitrogens with zero attached hydrogens (tertiary/aromatic N) is 1. The summed E-state index contributed by atoms with van der Waals surface area (Å²) in [5, 5.41) is 3.25. The Morgan fingerprint density at radius 3 is 3.06 bits per heavy atom. The molecule has 0 fully saturated rings. The van der Waals surface area contributed by atoms with E-state index in [1.807, 2.05) is 0 Å². The van der Waals surface area contributed by atoms with Crippen molar-refractivity contribution in [3.05, 3.63) is 40.7 Å². The van der Waals surface area contributed by atoms with Gasteiger partial charge in [-0.3, -0.25) is 4.79 Å². The normalized spacial score (nSPS) is 15.1. The van der Waals surface area contributed by atoms with Gasteiger partial charge in [0.2, 0.25) is 0 Å². The maximum atomic E-state index is 11.8. The molecule has 0 bridgehead atoms. The Balaban J connectivity index is 1.79. The highest BCUT2D eigenvalue weighted by Crippen LogP contribution is 2.19. The third-order valence-electron chi connectivity index (χ3n) is 3.11. The molecule has 18 heavy (non-hydrogen) atoms. The van der Waals surface area contributed by atoms with Crippen LogP contribution in [0.15, 0.2) is 30.0 Å². The van der Waals surface area contributed by atoms with E-state index < -0.39 is 0 Å². The molecule has 2 rings (SSSR count). The standard InChI is InChI=1S/C14H17ClN2O/c15-13-10-12(7-9-16-13)14(18)17-8-6-11-4-2-1-3-5-11/h4,7,9-10H,1-3,5-6,8H2,(H,17,18). The zero-order chi connectivity index (χ0) is 12.8. The van der Waals surface area contributed by atoms with Gasteiger partial charge < -0.3 is 5.32 Å². The van der Waals surface area contributed by atoms with E-state index in [1.165, 1.54) is 31.3 Å². The maximum absolute atomic E-state index is 11.8. The van der Waals surface area contributed by atoms with E-state index in [0.29, 0.717) is 17.3 Å². The first kappa shape index (κ1) is 13.1. The fraction of sp³-hybridized carbons (Fsp3) is 0.429. The zero-order valence-electron chi connectivity index (χ0n) is 10.3. The van der Waals surface area contributed by atoms with Crippen LogP contribution in [0.5, 0.6) is 0 Å². The number of hydrogen-bond acceptors (Lipinski definition) is 2. The smallest absolute Gasteiger partial charge is 0.251 e. The van der Waals surface area contributed by atoms with Crippen LogP contribution in [0.4, 0.5) is 0 Å². The number of halogens is 1. The molecular formula is C14H17ClN2O. The van der Waals surface area contributed by atoms with Gasteiger partial charge in [-0.05, 0) is 44.2 Å². The third kappa shape index (κ3) is 3.84. The van der Waals surface area contributed by atoms with Crippen molar-refractivity contribution in [3.63, 3.8) is 0 Å². The Bertz CT molecular complexity index is 457. The molecule has 0 unspecified atom stereocenters. The van der Waals surface area contributed by atoms with Gasteiger partial charge in [-0.1, -0.05) is 23.3 Å². The number of amides is 1. The lowest BCUT2D eigenvalue weighted by molar-refractivity contribution is 0.0954. The first-order valence-electron chi connectivity index (χ1n) is 6.33. The van der Waals surface area contributed by atoms with E-state index in [2.05, 4.69) is 16.4 Å². The van der Waals surface area contributed by atoms with Crippen molar-refractivity contribution in [2.24, 2.45) is 0 Å². The van der Waals surface area contributed by atoms with Gasteiger partial charge in [0, 0.05) is 18.3 Å². The fourth-order valence-corrected chi connectivity index (χ4v) is 2.29. The summed E-state index contributed by atoms with van der Waals surface area (Å²) in [7, 11) is 0. The lowest BCUT2D eigenvalue weighted by atomic mass is 9.97. The molecule has 1 aromatic heterocycles. The molecule has 1 aliphatic carbocycles. The van der Waals surface area contributed by atoms with Crippen LogP contribution >= 0.6 is 11.6 Å². The third-order valence-corrected chi connectivity index (χ3v) is 3.31. The number of carbonyl (C=O) groups is 1. The van der Waals surface area contributed by atoms with Gasteiger partial charge in [0.25, 0.3) is 5.91 Å². The average molecular weight is 265 g/mol. The molecule has 0 saturated heterocycles. The Kier molecular flexibility index (Phi) is 4.76. The predicted molar refractivity (Wildman–Crippen MR) is 72.7 cm³/mol. The van der Waals surface area contributed by atoms with E-state index in [4.69, 9.17) is 11.6 Å². The van der Waals surface area contributed by atoms with Gasteiger partial charge >= 0.3 is 0 Å². The van der Waals surface area contributed by atoms with Crippen molar-refractivity contribution < 1.29 is 4.79 Å². The number of carbonyl (C=O) groups excluding carboxylic acids is 1. The topological polar surface area (TPSA) is 42.0 Å². The van der Waals surface area contributed by atoms with Crippen LogP contribution in [0, 0.1) is 0 Å². The summed E-state index contributed by atoms with van der Waals surface area (Å²) in [6.45, 7) is 0.685. The summed E-state index contributed by atoms with van der Waals surface area (Å²) in [4.78, 5) is 15.7. The predicted octanol–water partition coefficient (Wildman–Crippen LogP) is 3.36. The van der Waals surface area contributed by atoms with Gasteiger partial charge in [0.15, 0.2) is 0 Å². The molecule has 1 aliphatic rings. The number of nitrogens with one attached hydrogen (secondary N) is 1. The molecular weight excluding hydrogens is 248 g/mol. The Hall–Kier alpha value is -1.35. The monoisotopic (exact) mass is 264 g/mol. The first-order chi connectivity index (χ1) is 8.75. The molecule has 1 aromatic rings. The summed E-state index contributed by atoms with van der Waals surface area (Å²) in [5.41, 5.74) is 2.03. The lowest BCUT2D eigenvalue weighted by Gasteiger charge is -2.12. The van der Waals surface area contributed by atoms with Gasteiger partial charge in [0.1, 0.15) is 5.15 Å². The van der Waals surface area contributed by atoms with Gasteiger partial charge in [0.05, 0.1) is 0 Å². The maximum Gasteiger partial charge on any atom is 0.251 e. The molecule has 1 N–H and O–H groups in total. The minimum atomic E-state index is -0.0873. The van der Waals surface area contributed by atoms with E-state index in [-0.39, 0.29) is 5.91 Å². The van der Waals surface area contributed by atoms with Crippen LogP contribution in [-0.4, -0.2) is 17.4 Å². The van der Waals surface area contributed by atoms with Gasteiger partial charge in [-0.25, -0.2) is 4.98 Å². The SMILES string of the molecule is O=C(NCCC1=CCCCC1)c1ccnc(Cl)c1. The number of allylic oxidation sites excluding steroid dienone is 1. The van der Waals surface area contributed by atoms with Crippen molar-refractivity contribution in [1.29, 1.82) is 0 Å². The molecule has 0 aliphatic heterocycles. The van der Waals surface area contributed by atoms with E-state index >= 15 is 0 Å². The second-order valence-electron chi connectivity index (χ2n) is 4.48. The summed E-state index contributed by atoms with van der Waals surface area (Å²) < 4.78 is 0. The Morgan fingerprint density at radius 1 is 1.44 bits per heavy atom. The highest BCUT2D eigenvalue weighted by atomic mass is 35.5. The molecule has 0 aromatic carbocycles. The number of aromatic nitrogens is 1. The number of pyridine rings is 1. The van der Waals surface area contributed by atoms with Crippen molar-refractivity contribution in [3.8, 4) is 0 Å². The minimum absolute atomic E-state index is 0.0873. The average Bonchev–Trinajstić information content (AvgIpc) is 2.40. The Morgan fingerprint density at radius 2 is 2.33 bits per heavy atom.